The van der Waals surface area contributed by atoms with E-state index in [1.807, 2.05) is 0 Å². The Hall–Kier alpha value is -0.310. The van der Waals surface area contributed by atoms with E-state index in [4.69, 9.17) is 11.6 Å². The molecule has 0 aromatic carbocycles. The molecule has 0 heterocycles. The normalized spacial score (nSPS) is 48.1. The summed E-state index contributed by atoms with van der Waals surface area (Å²) in [6, 6.07) is -0.449. The fourth-order valence-corrected chi connectivity index (χ4v) is 3.01. The van der Waals surface area contributed by atoms with Gasteiger partial charge in [-0.2, -0.15) is 0 Å². The molecule has 0 aliphatic heterocycles. The average molecular weight is 176 g/mol. The highest BCUT2D eigenvalue weighted by Crippen LogP contribution is 2.48. The molecule has 0 spiro atoms. The Bertz CT molecular complexity index is 195. The molecular weight excluding hydrogens is 166 g/mol. The predicted octanol–water partition coefficient (Wildman–Crippen LogP) is 1.67. The molecule has 2 rings (SSSR count). The van der Waals surface area contributed by atoms with E-state index >= 15 is 0 Å². The Kier molecular flexibility index (Phi) is 1.56. The lowest BCUT2D eigenvalue weighted by Gasteiger charge is -2.18. The minimum Gasteiger partial charge on any atom is -0.264 e. The molecular formula is C7H10ClNO2. The lowest BCUT2D eigenvalue weighted by Crippen LogP contribution is -2.35. The Morgan fingerprint density at radius 2 is 2.00 bits per heavy atom. The summed E-state index contributed by atoms with van der Waals surface area (Å²) in [6.07, 6.45) is 3.10. The zero-order valence-corrected chi connectivity index (χ0v) is 6.83. The van der Waals surface area contributed by atoms with Gasteiger partial charge in [-0.3, -0.25) is 10.1 Å². The van der Waals surface area contributed by atoms with E-state index in [0.717, 1.165) is 19.3 Å². The third kappa shape index (κ3) is 0.940. The molecule has 0 aromatic rings. The van der Waals surface area contributed by atoms with Crippen LogP contribution in [0.25, 0.3) is 0 Å². The van der Waals surface area contributed by atoms with E-state index in [-0.39, 0.29) is 16.2 Å². The zero-order chi connectivity index (χ0) is 8.01. The Morgan fingerprint density at radius 3 is 2.36 bits per heavy atom. The highest BCUT2D eigenvalue weighted by molar-refractivity contribution is 6.21. The van der Waals surface area contributed by atoms with E-state index in [2.05, 4.69) is 0 Å². The van der Waals surface area contributed by atoms with Gasteiger partial charge in [-0.1, -0.05) is 0 Å². The minimum atomic E-state index is -0.449. The topological polar surface area (TPSA) is 43.1 Å². The second-order valence-corrected chi connectivity index (χ2v) is 4.06. The van der Waals surface area contributed by atoms with Crippen LogP contribution in [0.5, 0.6) is 0 Å². The number of hydrogen-bond donors (Lipinski definition) is 0. The SMILES string of the molecule is O=[N+]([O-])[C@H]1[C@@H]2CC[C@@H](C2)[C@@H]1Cl. The molecule has 0 radical (unpaired) electrons. The van der Waals surface area contributed by atoms with Gasteiger partial charge in [0.1, 0.15) is 5.38 Å². The van der Waals surface area contributed by atoms with Gasteiger partial charge in [0.05, 0.1) is 0 Å². The molecule has 11 heavy (non-hydrogen) atoms. The predicted molar refractivity (Wildman–Crippen MR) is 41.3 cm³/mol. The first kappa shape index (κ1) is 7.35. The number of halogens is 1. The van der Waals surface area contributed by atoms with Gasteiger partial charge < -0.3 is 0 Å². The van der Waals surface area contributed by atoms with E-state index in [0.29, 0.717) is 5.92 Å². The van der Waals surface area contributed by atoms with E-state index in [1.165, 1.54) is 0 Å². The number of hydrogen-bond acceptors (Lipinski definition) is 2. The minimum absolute atomic E-state index is 0.191. The second-order valence-electron chi connectivity index (χ2n) is 3.55. The molecule has 62 valence electrons. The molecule has 2 bridgehead atoms. The van der Waals surface area contributed by atoms with Gasteiger partial charge in [0.2, 0.25) is 6.04 Å². The molecule has 4 atom stereocenters. The van der Waals surface area contributed by atoms with Crippen molar-refractivity contribution in [1.82, 2.24) is 0 Å². The van der Waals surface area contributed by atoms with Crippen LogP contribution >= 0.6 is 11.6 Å². The van der Waals surface area contributed by atoms with Crippen molar-refractivity contribution in [2.75, 3.05) is 0 Å². The molecule has 0 N–H and O–H groups in total. The first-order valence-electron chi connectivity index (χ1n) is 3.97. The van der Waals surface area contributed by atoms with Crippen LogP contribution in [0, 0.1) is 22.0 Å². The van der Waals surface area contributed by atoms with E-state index in [1.54, 1.807) is 0 Å². The van der Waals surface area contributed by atoms with Crippen LogP contribution in [-0.4, -0.2) is 16.3 Å². The summed E-state index contributed by atoms with van der Waals surface area (Å²) >= 11 is 5.93. The third-order valence-corrected chi connectivity index (χ3v) is 3.63. The largest absolute Gasteiger partial charge is 0.264 e. The molecule has 0 amide bonds. The van der Waals surface area contributed by atoms with Crippen molar-refractivity contribution in [2.24, 2.45) is 11.8 Å². The molecule has 2 aliphatic rings. The van der Waals surface area contributed by atoms with Crippen LogP contribution in [0.4, 0.5) is 0 Å². The van der Waals surface area contributed by atoms with Crippen LogP contribution in [0.3, 0.4) is 0 Å². The van der Waals surface area contributed by atoms with E-state index in [9.17, 15) is 10.1 Å². The Labute approximate surface area is 69.9 Å². The van der Waals surface area contributed by atoms with Crippen LogP contribution < -0.4 is 0 Å². The maximum atomic E-state index is 10.5. The number of nitrogens with zero attached hydrogens (tertiary/aromatic N) is 1. The first-order chi connectivity index (χ1) is 5.20. The highest BCUT2D eigenvalue weighted by atomic mass is 35.5. The van der Waals surface area contributed by atoms with Crippen molar-refractivity contribution >= 4 is 11.6 Å². The number of fused-ring (bicyclic) bond motifs is 2. The van der Waals surface area contributed by atoms with Crippen molar-refractivity contribution in [3.8, 4) is 0 Å². The van der Waals surface area contributed by atoms with Crippen molar-refractivity contribution in [2.45, 2.75) is 30.7 Å². The van der Waals surface area contributed by atoms with Gasteiger partial charge in [-0.25, -0.2) is 0 Å². The molecule has 3 nitrogen and oxygen atoms in total. The smallest absolute Gasteiger partial charge is 0.232 e. The maximum absolute atomic E-state index is 10.5. The summed E-state index contributed by atoms with van der Waals surface area (Å²) in [5.74, 6) is 0.703. The highest BCUT2D eigenvalue weighted by Gasteiger charge is 2.53. The molecule has 0 unspecified atom stereocenters. The average Bonchev–Trinajstić information content (AvgIpc) is 2.44. The second kappa shape index (κ2) is 2.34. The van der Waals surface area contributed by atoms with Gasteiger partial charge in [-0.05, 0) is 25.2 Å². The molecule has 0 aromatic heterocycles. The van der Waals surface area contributed by atoms with Crippen molar-refractivity contribution in [3.05, 3.63) is 10.1 Å². The van der Waals surface area contributed by atoms with Gasteiger partial charge in [0.25, 0.3) is 0 Å². The lowest BCUT2D eigenvalue weighted by molar-refractivity contribution is -0.529. The van der Waals surface area contributed by atoms with Crippen LogP contribution in [0.15, 0.2) is 0 Å². The van der Waals surface area contributed by atoms with Crippen LogP contribution in [0.2, 0.25) is 0 Å². The standard InChI is InChI=1S/C7H10ClNO2/c8-6-4-1-2-5(3-4)7(6)9(10)11/h4-7H,1-3H2/t4-,5+,6-,7-/m0/s1. The maximum Gasteiger partial charge on any atom is 0.232 e. The van der Waals surface area contributed by atoms with Crippen molar-refractivity contribution in [3.63, 3.8) is 0 Å². The molecule has 0 saturated heterocycles. The van der Waals surface area contributed by atoms with E-state index < -0.39 is 6.04 Å². The summed E-state index contributed by atoms with van der Waals surface area (Å²) in [7, 11) is 0. The van der Waals surface area contributed by atoms with Gasteiger partial charge in [0, 0.05) is 10.8 Å². The third-order valence-electron chi connectivity index (χ3n) is 3.02. The van der Waals surface area contributed by atoms with Gasteiger partial charge in [0.15, 0.2) is 0 Å². The molecule has 2 aliphatic carbocycles. The first-order valence-corrected chi connectivity index (χ1v) is 4.41. The molecule has 2 fully saturated rings. The summed E-state index contributed by atoms with van der Waals surface area (Å²) in [5, 5.41) is 10.3. The van der Waals surface area contributed by atoms with Gasteiger partial charge in [-0.15, -0.1) is 11.6 Å². The fraction of sp³-hybridized carbons (Fsp3) is 1.00. The quantitative estimate of drug-likeness (QED) is 0.346. The number of alkyl halides is 1. The van der Waals surface area contributed by atoms with Crippen LogP contribution in [0.1, 0.15) is 19.3 Å². The lowest BCUT2D eigenvalue weighted by atomic mass is 9.95. The summed E-state index contributed by atoms with van der Waals surface area (Å²) < 4.78 is 0. The number of nitro groups is 1. The summed E-state index contributed by atoms with van der Waals surface area (Å²) in [6.45, 7) is 0. The molecule has 2 saturated carbocycles. The van der Waals surface area contributed by atoms with Crippen molar-refractivity contribution in [1.29, 1.82) is 0 Å². The fourth-order valence-electron chi connectivity index (χ4n) is 2.48. The summed E-state index contributed by atoms with van der Waals surface area (Å²) in [4.78, 5) is 10.3. The van der Waals surface area contributed by atoms with Crippen LogP contribution in [-0.2, 0) is 0 Å². The monoisotopic (exact) mass is 175 g/mol. The number of rotatable bonds is 1. The van der Waals surface area contributed by atoms with Crippen molar-refractivity contribution < 1.29 is 4.92 Å². The summed E-state index contributed by atoms with van der Waals surface area (Å²) in [5.41, 5.74) is 0. The Morgan fingerprint density at radius 1 is 1.36 bits per heavy atom. The molecule has 4 heteroatoms. The van der Waals surface area contributed by atoms with Gasteiger partial charge >= 0.3 is 0 Å². The Balaban J connectivity index is 2.17. The zero-order valence-electron chi connectivity index (χ0n) is 6.07.